The van der Waals surface area contributed by atoms with Crippen molar-refractivity contribution in [3.05, 3.63) is 0 Å². The van der Waals surface area contributed by atoms with Crippen LogP contribution in [0.4, 0.5) is 22.0 Å². The van der Waals surface area contributed by atoms with Gasteiger partial charge < -0.3 is 10.6 Å². The van der Waals surface area contributed by atoms with Gasteiger partial charge in [0.1, 0.15) is 0 Å². The standard InChI is InChI=1S/C8H11F5N2O/c9-7(10,8(11,12)13)6(16)15-5-1-3-14-4-2-5/h5,14H,1-4H2,(H,15,16). The summed E-state index contributed by atoms with van der Waals surface area (Å²) in [6.45, 7) is 0.977. The number of rotatable bonds is 2. The first-order valence-electron chi connectivity index (χ1n) is 4.71. The highest BCUT2D eigenvalue weighted by atomic mass is 19.4. The van der Waals surface area contributed by atoms with E-state index in [0.717, 1.165) is 0 Å². The lowest BCUT2D eigenvalue weighted by Crippen LogP contribution is -2.54. The summed E-state index contributed by atoms with van der Waals surface area (Å²) in [4.78, 5) is 10.8. The molecule has 0 bridgehead atoms. The number of alkyl halides is 5. The van der Waals surface area contributed by atoms with E-state index in [9.17, 15) is 26.7 Å². The van der Waals surface area contributed by atoms with E-state index in [2.05, 4.69) is 5.32 Å². The Bertz CT molecular complexity index is 260. The second-order valence-corrected chi connectivity index (χ2v) is 3.57. The first-order valence-corrected chi connectivity index (χ1v) is 4.71. The van der Waals surface area contributed by atoms with Gasteiger partial charge in [0.25, 0.3) is 0 Å². The number of hydrogen-bond acceptors (Lipinski definition) is 2. The molecule has 1 aliphatic rings. The number of nitrogens with one attached hydrogen (secondary N) is 2. The summed E-state index contributed by atoms with van der Waals surface area (Å²) in [5, 5.41) is 4.61. The van der Waals surface area contributed by atoms with Gasteiger partial charge in [-0.2, -0.15) is 22.0 Å². The lowest BCUT2D eigenvalue weighted by molar-refractivity contribution is -0.270. The zero-order valence-corrected chi connectivity index (χ0v) is 8.20. The fraction of sp³-hybridized carbons (Fsp3) is 0.875. The first kappa shape index (κ1) is 13.1. The van der Waals surface area contributed by atoms with Gasteiger partial charge in [0.05, 0.1) is 0 Å². The van der Waals surface area contributed by atoms with Gasteiger partial charge in [-0.25, -0.2) is 0 Å². The maximum Gasteiger partial charge on any atom is 0.463 e. The Morgan fingerprint density at radius 1 is 1.12 bits per heavy atom. The van der Waals surface area contributed by atoms with Crippen molar-refractivity contribution in [1.82, 2.24) is 10.6 Å². The Morgan fingerprint density at radius 3 is 2.06 bits per heavy atom. The number of amides is 1. The minimum absolute atomic E-state index is 0.347. The molecule has 0 atom stereocenters. The second kappa shape index (κ2) is 4.52. The summed E-state index contributed by atoms with van der Waals surface area (Å²) in [5.41, 5.74) is 0. The normalized spacial score (nSPS) is 19.6. The minimum atomic E-state index is -5.84. The molecule has 0 unspecified atom stereocenters. The van der Waals surface area contributed by atoms with Crippen LogP contribution in [-0.4, -0.2) is 37.1 Å². The summed E-state index contributed by atoms with van der Waals surface area (Å²) >= 11 is 0. The van der Waals surface area contributed by atoms with E-state index in [1.165, 1.54) is 0 Å². The van der Waals surface area contributed by atoms with Crippen LogP contribution in [0.3, 0.4) is 0 Å². The van der Waals surface area contributed by atoms with Crippen molar-refractivity contribution in [1.29, 1.82) is 0 Å². The number of piperidine rings is 1. The van der Waals surface area contributed by atoms with Crippen LogP contribution in [0.15, 0.2) is 0 Å². The van der Waals surface area contributed by atoms with Crippen LogP contribution >= 0.6 is 0 Å². The molecule has 8 heteroatoms. The van der Waals surface area contributed by atoms with Gasteiger partial charge in [0.2, 0.25) is 0 Å². The van der Waals surface area contributed by atoms with Gasteiger partial charge in [-0.1, -0.05) is 0 Å². The molecule has 0 aliphatic carbocycles. The molecular formula is C8H11F5N2O. The van der Waals surface area contributed by atoms with Gasteiger partial charge in [-0.05, 0) is 25.9 Å². The van der Waals surface area contributed by atoms with Crippen molar-refractivity contribution in [3.8, 4) is 0 Å². The SMILES string of the molecule is O=C(NC1CCNCC1)C(F)(F)C(F)(F)F. The highest BCUT2D eigenvalue weighted by Gasteiger charge is 2.63. The minimum Gasteiger partial charge on any atom is -0.348 e. The van der Waals surface area contributed by atoms with E-state index in [4.69, 9.17) is 0 Å². The lowest BCUT2D eigenvalue weighted by Gasteiger charge is -2.26. The average molecular weight is 246 g/mol. The summed E-state index contributed by atoms with van der Waals surface area (Å²) in [6, 6.07) is -0.623. The van der Waals surface area contributed by atoms with Crippen molar-refractivity contribution in [2.45, 2.75) is 31.0 Å². The van der Waals surface area contributed by atoms with Crippen molar-refractivity contribution in [2.24, 2.45) is 0 Å². The average Bonchev–Trinajstić information content (AvgIpc) is 2.17. The number of carbonyl (C=O) groups is 1. The van der Waals surface area contributed by atoms with Crippen molar-refractivity contribution in [2.75, 3.05) is 13.1 Å². The maximum absolute atomic E-state index is 12.5. The quantitative estimate of drug-likeness (QED) is 0.715. The number of hydrogen-bond donors (Lipinski definition) is 2. The molecule has 94 valence electrons. The third-order valence-electron chi connectivity index (χ3n) is 2.32. The molecule has 0 aromatic carbocycles. The van der Waals surface area contributed by atoms with Crippen LogP contribution < -0.4 is 10.6 Å². The molecule has 1 amide bonds. The number of carbonyl (C=O) groups excluding carboxylic acids is 1. The molecule has 1 saturated heterocycles. The molecule has 0 spiro atoms. The highest BCUT2D eigenvalue weighted by molar-refractivity contribution is 5.84. The predicted octanol–water partition coefficient (Wildman–Crippen LogP) is 1.05. The zero-order valence-electron chi connectivity index (χ0n) is 8.20. The highest BCUT2D eigenvalue weighted by Crippen LogP contribution is 2.35. The maximum atomic E-state index is 12.5. The third kappa shape index (κ3) is 2.81. The Morgan fingerprint density at radius 2 is 1.62 bits per heavy atom. The monoisotopic (exact) mass is 246 g/mol. The largest absolute Gasteiger partial charge is 0.463 e. The van der Waals surface area contributed by atoms with Crippen LogP contribution in [-0.2, 0) is 4.79 Å². The summed E-state index contributed by atoms with van der Waals surface area (Å²) in [5.74, 6) is -7.59. The third-order valence-corrected chi connectivity index (χ3v) is 2.32. The van der Waals surface area contributed by atoms with E-state index in [1.54, 1.807) is 5.32 Å². The van der Waals surface area contributed by atoms with E-state index in [0.29, 0.717) is 25.9 Å². The molecule has 3 nitrogen and oxygen atoms in total. The second-order valence-electron chi connectivity index (χ2n) is 3.57. The van der Waals surface area contributed by atoms with Crippen LogP contribution in [0.25, 0.3) is 0 Å². The van der Waals surface area contributed by atoms with Gasteiger partial charge in [-0.3, -0.25) is 4.79 Å². The molecule has 1 aliphatic heterocycles. The topological polar surface area (TPSA) is 41.1 Å². The number of halogens is 5. The predicted molar refractivity (Wildman–Crippen MR) is 45.0 cm³/mol. The summed E-state index contributed by atoms with van der Waals surface area (Å²) in [6.07, 6.45) is -5.15. The molecule has 0 aromatic rings. The molecular weight excluding hydrogens is 235 g/mol. The Balaban J connectivity index is 2.57. The fourth-order valence-electron chi connectivity index (χ4n) is 1.37. The molecule has 16 heavy (non-hydrogen) atoms. The van der Waals surface area contributed by atoms with Crippen LogP contribution in [0, 0.1) is 0 Å². The summed E-state index contributed by atoms with van der Waals surface area (Å²) in [7, 11) is 0. The van der Waals surface area contributed by atoms with E-state index < -0.39 is 24.0 Å². The first-order chi connectivity index (χ1) is 7.25. The Labute approximate surface area is 88.4 Å². The molecule has 0 aromatic heterocycles. The fourth-order valence-corrected chi connectivity index (χ4v) is 1.37. The van der Waals surface area contributed by atoms with Gasteiger partial charge in [0.15, 0.2) is 0 Å². The van der Waals surface area contributed by atoms with E-state index in [1.807, 2.05) is 0 Å². The van der Waals surface area contributed by atoms with Gasteiger partial charge in [-0.15, -0.1) is 0 Å². The molecule has 2 N–H and O–H groups in total. The van der Waals surface area contributed by atoms with Crippen LogP contribution in [0.2, 0.25) is 0 Å². The van der Waals surface area contributed by atoms with Crippen LogP contribution in [0.1, 0.15) is 12.8 Å². The Hall–Kier alpha value is -0.920. The van der Waals surface area contributed by atoms with E-state index >= 15 is 0 Å². The molecule has 1 rings (SSSR count). The Kier molecular flexibility index (Phi) is 3.72. The van der Waals surface area contributed by atoms with Crippen molar-refractivity contribution >= 4 is 5.91 Å². The smallest absolute Gasteiger partial charge is 0.348 e. The zero-order chi connectivity index (χ0) is 12.4. The van der Waals surface area contributed by atoms with E-state index in [-0.39, 0.29) is 0 Å². The van der Waals surface area contributed by atoms with Crippen LogP contribution in [0.5, 0.6) is 0 Å². The molecule has 0 saturated carbocycles. The lowest BCUT2D eigenvalue weighted by atomic mass is 10.1. The van der Waals surface area contributed by atoms with Gasteiger partial charge >= 0.3 is 18.0 Å². The summed E-state index contributed by atoms with van der Waals surface area (Å²) < 4.78 is 60.5. The van der Waals surface area contributed by atoms with Crippen molar-refractivity contribution in [3.63, 3.8) is 0 Å². The van der Waals surface area contributed by atoms with Gasteiger partial charge in [0, 0.05) is 6.04 Å². The van der Waals surface area contributed by atoms with Crippen molar-refractivity contribution < 1.29 is 26.7 Å². The molecule has 1 heterocycles. The molecule has 0 radical (unpaired) electrons. The molecule has 1 fully saturated rings.